The molecular formula is C28H34F2N2O4S2. The Morgan fingerprint density at radius 1 is 1.13 bits per heavy atom. The monoisotopic (exact) mass is 564 g/mol. The molecule has 0 radical (unpaired) electrons. The molecule has 4 rings (SSSR count). The van der Waals surface area contributed by atoms with Crippen LogP contribution in [0.25, 0.3) is 0 Å². The highest BCUT2D eigenvalue weighted by atomic mass is 32.3. The fourth-order valence-corrected chi connectivity index (χ4v) is 7.21. The van der Waals surface area contributed by atoms with E-state index in [1.54, 1.807) is 11.3 Å². The summed E-state index contributed by atoms with van der Waals surface area (Å²) in [6, 6.07) is 11.7. The van der Waals surface area contributed by atoms with Crippen molar-refractivity contribution in [3.05, 3.63) is 92.7 Å². The molecule has 206 valence electrons. The zero-order chi connectivity index (χ0) is 27.3. The zero-order valence-electron chi connectivity index (χ0n) is 21.2. The normalized spacial score (nSPS) is 18.8. The first-order valence-corrected chi connectivity index (χ1v) is 15.4. The zero-order valence-corrected chi connectivity index (χ0v) is 22.8. The molecule has 0 saturated heterocycles. The van der Waals surface area contributed by atoms with E-state index in [4.69, 9.17) is 0 Å². The summed E-state index contributed by atoms with van der Waals surface area (Å²) in [6.07, 6.45) is 0.524. The van der Waals surface area contributed by atoms with Crippen molar-refractivity contribution in [3.8, 4) is 0 Å². The Morgan fingerprint density at radius 3 is 2.58 bits per heavy atom. The summed E-state index contributed by atoms with van der Waals surface area (Å²) in [7, 11) is -2.84. The minimum absolute atomic E-state index is 0.0265. The number of benzene rings is 2. The van der Waals surface area contributed by atoms with Crippen LogP contribution in [0.5, 0.6) is 0 Å². The molecule has 2 aromatic carbocycles. The topological polar surface area (TPSA) is 102 Å². The first-order chi connectivity index (χ1) is 18.1. The van der Waals surface area contributed by atoms with Gasteiger partial charge >= 0.3 is 0 Å². The molecule has 0 unspecified atom stereocenters. The Balaban J connectivity index is 1.48. The van der Waals surface area contributed by atoms with Crippen LogP contribution in [0, 0.1) is 11.6 Å². The van der Waals surface area contributed by atoms with E-state index >= 15 is 0 Å². The second-order valence-corrected chi connectivity index (χ2v) is 13.0. The predicted molar refractivity (Wildman–Crippen MR) is 149 cm³/mol. The van der Waals surface area contributed by atoms with Gasteiger partial charge in [-0.1, -0.05) is 31.2 Å². The smallest absolute Gasteiger partial charge is 0.220 e. The van der Waals surface area contributed by atoms with Crippen LogP contribution in [0.1, 0.15) is 46.5 Å². The molecule has 0 spiro atoms. The maximum atomic E-state index is 13.8. The lowest BCUT2D eigenvalue weighted by atomic mass is 9.97. The summed E-state index contributed by atoms with van der Waals surface area (Å²) in [5.74, 6) is -1.42. The molecule has 1 aliphatic heterocycles. The van der Waals surface area contributed by atoms with Gasteiger partial charge in [-0.3, -0.25) is 13.9 Å². The standard InChI is InChI=1S/C28H34F2N2O4S2/c1-2-18-5-6-20-16-38(35,36)17-26(24(20)12-18)31-15-27(33)25(13-19-10-21(29)14-22(30)11-19)32-28(34)8-7-23-4-3-9-37-23/h3-6,9-12,14,25-27,31,33,35-36H,2,7-8,13,15-17H2,1H3,(H,32,34)/t25-,26-,27-/m0/s1. The number of halogens is 2. The number of carbonyl (C=O) groups excluding carboxylic acids is 1. The van der Waals surface area contributed by atoms with Crippen LogP contribution in [-0.2, 0) is 29.8 Å². The molecule has 6 nitrogen and oxygen atoms in total. The van der Waals surface area contributed by atoms with Crippen LogP contribution < -0.4 is 10.6 Å². The van der Waals surface area contributed by atoms with Gasteiger partial charge in [0.25, 0.3) is 0 Å². The molecule has 1 aromatic heterocycles. The molecule has 10 heteroatoms. The van der Waals surface area contributed by atoms with Crippen molar-refractivity contribution in [2.45, 2.75) is 56.5 Å². The number of amides is 1. The van der Waals surface area contributed by atoms with Crippen molar-refractivity contribution in [1.82, 2.24) is 10.6 Å². The van der Waals surface area contributed by atoms with E-state index < -0.39 is 40.4 Å². The highest BCUT2D eigenvalue weighted by molar-refractivity contribution is 8.23. The summed E-state index contributed by atoms with van der Waals surface area (Å²) in [4.78, 5) is 13.8. The summed E-state index contributed by atoms with van der Waals surface area (Å²) in [5, 5.41) is 19.2. The third-order valence-electron chi connectivity index (χ3n) is 6.75. The molecule has 0 saturated carbocycles. The minimum atomic E-state index is -2.84. The fourth-order valence-electron chi connectivity index (χ4n) is 4.80. The van der Waals surface area contributed by atoms with E-state index in [-0.39, 0.29) is 36.8 Å². The Hall–Kier alpha value is -2.34. The summed E-state index contributed by atoms with van der Waals surface area (Å²) in [6.45, 7) is 2.08. The number of thiophene rings is 1. The van der Waals surface area contributed by atoms with E-state index in [0.29, 0.717) is 12.0 Å². The lowest BCUT2D eigenvalue weighted by Gasteiger charge is -2.42. The van der Waals surface area contributed by atoms with Crippen molar-refractivity contribution in [1.29, 1.82) is 0 Å². The molecule has 0 bridgehead atoms. The Morgan fingerprint density at radius 2 is 1.89 bits per heavy atom. The van der Waals surface area contributed by atoms with Gasteiger partial charge in [-0.2, -0.15) is 10.6 Å². The molecule has 38 heavy (non-hydrogen) atoms. The predicted octanol–water partition coefficient (Wildman–Crippen LogP) is 5.20. The number of aliphatic hydroxyl groups is 1. The highest BCUT2D eigenvalue weighted by Gasteiger charge is 2.31. The minimum Gasteiger partial charge on any atom is -0.390 e. The Kier molecular flexibility index (Phi) is 9.56. The van der Waals surface area contributed by atoms with E-state index in [0.717, 1.165) is 34.1 Å². The number of fused-ring (bicyclic) bond motifs is 1. The first-order valence-electron chi connectivity index (χ1n) is 12.7. The van der Waals surface area contributed by atoms with Crippen molar-refractivity contribution < 1.29 is 27.8 Å². The van der Waals surface area contributed by atoms with Crippen LogP contribution in [0.3, 0.4) is 0 Å². The number of hydrogen-bond donors (Lipinski definition) is 5. The van der Waals surface area contributed by atoms with Crippen molar-refractivity contribution in [2.24, 2.45) is 0 Å². The van der Waals surface area contributed by atoms with Crippen molar-refractivity contribution in [3.63, 3.8) is 0 Å². The van der Waals surface area contributed by atoms with Crippen molar-refractivity contribution in [2.75, 3.05) is 12.3 Å². The van der Waals surface area contributed by atoms with Gasteiger partial charge in [-0.05, 0) is 65.1 Å². The SMILES string of the molecule is CCc1ccc2c(c1)[C@@H](NC[C@H](O)[C@H](Cc1cc(F)cc(F)c1)NC(=O)CCc1cccs1)CS(O)(O)C2. The number of nitrogens with one attached hydrogen (secondary N) is 2. The van der Waals surface area contributed by atoms with E-state index in [2.05, 4.69) is 10.6 Å². The van der Waals surface area contributed by atoms with Gasteiger partial charge in [0.1, 0.15) is 11.6 Å². The van der Waals surface area contributed by atoms with Gasteiger partial charge in [0.15, 0.2) is 0 Å². The summed E-state index contributed by atoms with van der Waals surface area (Å²) < 4.78 is 48.7. The second kappa shape index (κ2) is 12.7. The van der Waals surface area contributed by atoms with Gasteiger partial charge < -0.3 is 15.7 Å². The maximum Gasteiger partial charge on any atom is 0.220 e. The van der Waals surface area contributed by atoms with E-state index in [1.165, 1.54) is 12.1 Å². The average Bonchev–Trinajstić information content (AvgIpc) is 3.38. The first kappa shape index (κ1) is 28.7. The molecule has 3 atom stereocenters. The highest BCUT2D eigenvalue weighted by Crippen LogP contribution is 2.50. The number of hydrogen-bond acceptors (Lipinski definition) is 6. The fraction of sp³-hybridized carbons (Fsp3) is 0.393. The second-order valence-electron chi connectivity index (χ2n) is 9.76. The van der Waals surface area contributed by atoms with Crippen LogP contribution >= 0.6 is 21.9 Å². The van der Waals surface area contributed by atoms with Gasteiger partial charge in [0.2, 0.25) is 5.91 Å². The van der Waals surface area contributed by atoms with Gasteiger partial charge in [-0.25, -0.2) is 8.78 Å². The van der Waals surface area contributed by atoms with Gasteiger partial charge in [-0.15, -0.1) is 11.3 Å². The van der Waals surface area contributed by atoms with Crippen LogP contribution in [0.2, 0.25) is 0 Å². The molecule has 5 N–H and O–H groups in total. The van der Waals surface area contributed by atoms with Crippen LogP contribution in [0.15, 0.2) is 53.9 Å². The lowest BCUT2D eigenvalue weighted by Crippen LogP contribution is -2.49. The Labute approximate surface area is 227 Å². The summed E-state index contributed by atoms with van der Waals surface area (Å²) >= 11 is 1.56. The van der Waals surface area contributed by atoms with Gasteiger partial charge in [0.05, 0.1) is 29.7 Å². The molecule has 1 amide bonds. The molecule has 0 aliphatic carbocycles. The average molecular weight is 565 g/mol. The molecule has 2 heterocycles. The summed E-state index contributed by atoms with van der Waals surface area (Å²) in [5.41, 5.74) is 3.26. The van der Waals surface area contributed by atoms with Crippen molar-refractivity contribution >= 4 is 27.8 Å². The number of rotatable bonds is 11. The molecule has 0 fully saturated rings. The van der Waals surface area contributed by atoms with Crippen LogP contribution in [-0.4, -0.2) is 44.6 Å². The largest absolute Gasteiger partial charge is 0.390 e. The van der Waals surface area contributed by atoms with E-state index in [1.807, 2.05) is 42.6 Å². The molecule has 1 aliphatic rings. The van der Waals surface area contributed by atoms with E-state index in [9.17, 15) is 27.8 Å². The number of aryl methyl sites for hydroxylation is 2. The van der Waals surface area contributed by atoms with Gasteiger partial charge in [0, 0.05) is 23.9 Å². The maximum absolute atomic E-state index is 13.8. The third-order valence-corrected chi connectivity index (χ3v) is 9.33. The molecule has 3 aromatic rings. The lowest BCUT2D eigenvalue weighted by molar-refractivity contribution is -0.122. The number of carbonyl (C=O) groups is 1. The van der Waals surface area contributed by atoms with Crippen LogP contribution in [0.4, 0.5) is 8.78 Å². The third kappa shape index (κ3) is 7.84. The number of aliphatic hydroxyl groups excluding tert-OH is 1. The quantitative estimate of drug-likeness (QED) is 0.220. The molecular weight excluding hydrogens is 530 g/mol. The Bertz CT molecular complexity index is 1220.